The summed E-state index contributed by atoms with van der Waals surface area (Å²) >= 11 is 0. The van der Waals surface area contributed by atoms with E-state index in [1.54, 1.807) is 0 Å². The number of rotatable bonds is 9. The van der Waals surface area contributed by atoms with Crippen LogP contribution in [0, 0.1) is 34.0 Å². The molecule has 0 saturated carbocycles. The standard InChI is InChI=1S/2C7H17N.C4BN3O4/c2*1-4-7(8,5-2)6-3;6-1-4(2-7,3-8)11-12-5(9)10/h2*4-6,8H2,1-3H3;/q;;-2/p+2. The molecule has 0 heterocycles. The quantitative estimate of drug-likeness (QED) is 0.293. The van der Waals surface area contributed by atoms with E-state index >= 15 is 0 Å². The summed E-state index contributed by atoms with van der Waals surface area (Å²) in [5.74, 6) is 0. The Balaban J connectivity index is -0.000000347. The van der Waals surface area contributed by atoms with Gasteiger partial charge in [-0.3, -0.25) is 0 Å². The van der Waals surface area contributed by atoms with Crippen LogP contribution in [0.3, 0.4) is 0 Å². The second-order valence-corrected chi connectivity index (χ2v) is 6.61. The first kappa shape index (κ1) is 31.0. The Kier molecular flexibility index (Phi) is 18.0. The minimum Gasteiger partial charge on any atom is -0.868 e. The molecule has 0 aromatic heterocycles. The number of quaternary nitrogens is 2. The Hall–Kier alpha value is -1.71. The van der Waals surface area contributed by atoms with Crippen molar-refractivity contribution < 1.29 is 31.2 Å². The Morgan fingerprint density at radius 1 is 0.714 bits per heavy atom. The van der Waals surface area contributed by atoms with Crippen molar-refractivity contribution in [3.05, 3.63) is 0 Å². The second-order valence-electron chi connectivity index (χ2n) is 6.61. The fourth-order valence-electron chi connectivity index (χ4n) is 1.74. The highest BCUT2D eigenvalue weighted by Gasteiger charge is 2.32. The maximum Gasteiger partial charge on any atom is 0.354 e. The average Bonchev–Trinajstić information content (AvgIpc) is 2.74. The highest BCUT2D eigenvalue weighted by Crippen LogP contribution is 2.12. The maximum atomic E-state index is 9.69. The largest absolute Gasteiger partial charge is 0.868 e. The Bertz CT molecular complexity index is 447. The van der Waals surface area contributed by atoms with Crippen LogP contribution in [0.1, 0.15) is 80.1 Å². The van der Waals surface area contributed by atoms with Crippen molar-refractivity contribution in [3.8, 4) is 18.2 Å². The minimum atomic E-state index is -2.81. The Labute approximate surface area is 169 Å². The van der Waals surface area contributed by atoms with E-state index in [1.807, 2.05) is 0 Å². The Morgan fingerprint density at radius 2 is 0.964 bits per heavy atom. The van der Waals surface area contributed by atoms with Crippen LogP contribution in [0.4, 0.5) is 0 Å². The number of nitriles is 3. The first-order valence-corrected chi connectivity index (χ1v) is 9.57. The van der Waals surface area contributed by atoms with Crippen molar-refractivity contribution in [1.29, 1.82) is 15.8 Å². The van der Waals surface area contributed by atoms with E-state index in [0.29, 0.717) is 11.1 Å². The molecule has 28 heavy (non-hydrogen) atoms. The predicted molar refractivity (Wildman–Crippen MR) is 100 cm³/mol. The van der Waals surface area contributed by atoms with Gasteiger partial charge >= 0.3 is 5.60 Å². The van der Waals surface area contributed by atoms with E-state index in [1.165, 1.54) is 38.5 Å². The molecule has 0 aliphatic heterocycles. The monoisotopic (exact) mass is 397 g/mol. The van der Waals surface area contributed by atoms with E-state index in [9.17, 15) is 10.0 Å². The van der Waals surface area contributed by atoms with Crippen molar-refractivity contribution in [2.24, 2.45) is 0 Å². The van der Waals surface area contributed by atoms with Crippen molar-refractivity contribution >= 4 is 7.32 Å². The van der Waals surface area contributed by atoms with Gasteiger partial charge in [-0.1, -0.05) is 41.5 Å². The summed E-state index contributed by atoms with van der Waals surface area (Å²) in [5, 5.41) is 43.9. The summed E-state index contributed by atoms with van der Waals surface area (Å²) < 4.78 is 0. The summed E-state index contributed by atoms with van der Waals surface area (Å²) in [6, 6.07) is 3.37. The molecule has 0 fully saturated rings. The number of hydrogen-bond acceptors (Lipinski definition) is 7. The molecule has 9 nitrogen and oxygen atoms in total. The molecule has 0 spiro atoms. The summed E-state index contributed by atoms with van der Waals surface area (Å²) in [6.45, 7) is 13.3. The van der Waals surface area contributed by atoms with Gasteiger partial charge in [0.1, 0.15) is 25.5 Å². The topological polar surface area (TPSA) is 191 Å². The molecule has 10 heteroatoms. The fraction of sp³-hybridized carbons (Fsp3) is 0.833. The lowest BCUT2D eigenvalue weighted by atomic mass is 9.92. The third kappa shape index (κ3) is 13.5. The van der Waals surface area contributed by atoms with Crippen LogP contribution in [-0.4, -0.2) is 24.0 Å². The molecule has 0 aromatic carbocycles. The molecular formula is C18H36BN5O4. The van der Waals surface area contributed by atoms with E-state index < -0.39 is 12.9 Å². The number of nitrogens with zero attached hydrogens (tertiary/aromatic N) is 3. The van der Waals surface area contributed by atoms with Gasteiger partial charge in [-0.15, -0.1) is 0 Å². The van der Waals surface area contributed by atoms with E-state index in [2.05, 4.69) is 62.7 Å². The molecule has 0 atom stereocenters. The molecule has 6 N–H and O–H groups in total. The molecule has 0 bridgehead atoms. The molecule has 160 valence electrons. The summed E-state index contributed by atoms with van der Waals surface area (Å²) in [7, 11) is -2.81. The molecule has 0 rings (SSSR count). The van der Waals surface area contributed by atoms with E-state index in [4.69, 9.17) is 15.8 Å². The zero-order chi connectivity index (χ0) is 22.9. The van der Waals surface area contributed by atoms with Crippen molar-refractivity contribution in [3.63, 3.8) is 0 Å². The van der Waals surface area contributed by atoms with E-state index in [-0.39, 0.29) is 0 Å². The molecule has 0 radical (unpaired) electrons. The molecule has 0 aliphatic rings. The molecule has 0 aromatic rings. The average molecular weight is 397 g/mol. The highest BCUT2D eigenvalue weighted by molar-refractivity contribution is 6.27. The van der Waals surface area contributed by atoms with Gasteiger partial charge in [0.2, 0.25) is 0 Å². The Morgan fingerprint density at radius 3 is 1.07 bits per heavy atom. The summed E-state index contributed by atoms with van der Waals surface area (Å²) in [5.41, 5.74) is 6.45. The van der Waals surface area contributed by atoms with Crippen LogP contribution in [0.5, 0.6) is 0 Å². The van der Waals surface area contributed by atoms with Crippen molar-refractivity contribution in [2.75, 3.05) is 0 Å². The SMILES string of the molecule is CCC([NH3+])(CC)CC.CCC([NH3+])(CC)CC.N#CC(C#N)(C#N)OOB([O-])[O-]. The molecule has 0 amide bonds. The molecule has 0 unspecified atom stereocenters. The molecule has 0 aliphatic carbocycles. The summed E-state index contributed by atoms with van der Waals surface area (Å²) in [4.78, 5) is 7.13. The smallest absolute Gasteiger partial charge is 0.354 e. The van der Waals surface area contributed by atoms with Crippen LogP contribution in [-0.2, 0) is 9.69 Å². The van der Waals surface area contributed by atoms with Gasteiger partial charge in [0.05, 0.1) is 11.1 Å². The van der Waals surface area contributed by atoms with Gasteiger partial charge in [-0.05, 0) is 38.5 Å². The third-order valence-electron chi connectivity index (χ3n) is 5.22. The number of hydrogen-bond donors (Lipinski definition) is 2. The van der Waals surface area contributed by atoms with Gasteiger partial charge in [0, 0.05) is 0 Å². The highest BCUT2D eigenvalue weighted by atomic mass is 17.2. The van der Waals surface area contributed by atoms with Gasteiger partial charge in [-0.2, -0.15) is 15.8 Å². The first-order valence-electron chi connectivity index (χ1n) is 9.57. The van der Waals surface area contributed by atoms with Crippen LogP contribution in [0.2, 0.25) is 0 Å². The molecule has 0 saturated heterocycles. The van der Waals surface area contributed by atoms with Gasteiger partial charge in [0.15, 0.2) is 0 Å². The van der Waals surface area contributed by atoms with Crippen molar-refractivity contribution in [2.45, 2.75) is 96.7 Å². The van der Waals surface area contributed by atoms with Gasteiger partial charge < -0.3 is 26.3 Å². The minimum absolute atomic E-state index is 0.375. The van der Waals surface area contributed by atoms with Gasteiger partial charge in [0.25, 0.3) is 0 Å². The third-order valence-corrected chi connectivity index (χ3v) is 5.22. The normalized spacial score (nSPS) is 10.8. The van der Waals surface area contributed by atoms with Gasteiger partial charge in [-0.25, -0.2) is 4.89 Å². The zero-order valence-electron chi connectivity index (χ0n) is 18.2. The van der Waals surface area contributed by atoms with E-state index in [0.717, 1.165) is 18.2 Å². The lowest BCUT2D eigenvalue weighted by molar-refractivity contribution is -0.481. The predicted octanol–water partition coefficient (Wildman–Crippen LogP) is -0.656. The maximum absolute atomic E-state index is 9.69. The van der Waals surface area contributed by atoms with Crippen LogP contribution < -0.4 is 21.5 Å². The zero-order valence-corrected chi connectivity index (χ0v) is 18.2. The van der Waals surface area contributed by atoms with Crippen LogP contribution in [0.15, 0.2) is 0 Å². The summed E-state index contributed by atoms with van der Waals surface area (Å²) in [6.07, 6.45) is 7.25. The van der Waals surface area contributed by atoms with Crippen LogP contribution >= 0.6 is 0 Å². The van der Waals surface area contributed by atoms with Crippen molar-refractivity contribution in [1.82, 2.24) is 0 Å². The lowest BCUT2D eigenvalue weighted by Crippen LogP contribution is -2.71. The second kappa shape index (κ2) is 16.3. The molecular weight excluding hydrogens is 361 g/mol. The fourth-order valence-corrected chi connectivity index (χ4v) is 1.74. The van der Waals surface area contributed by atoms with Crippen LogP contribution in [0.25, 0.3) is 0 Å². The lowest BCUT2D eigenvalue weighted by Gasteiger charge is -2.25. The first-order chi connectivity index (χ1) is 13.0.